The highest BCUT2D eigenvalue weighted by Crippen LogP contribution is 2.11. The number of hydrogen-bond acceptors (Lipinski definition) is 2. The van der Waals surface area contributed by atoms with Crippen LogP contribution in [-0.4, -0.2) is 38.5 Å². The summed E-state index contributed by atoms with van der Waals surface area (Å²) >= 11 is 0. The van der Waals surface area contributed by atoms with Crippen LogP contribution in [0.15, 0.2) is 0 Å². The van der Waals surface area contributed by atoms with Gasteiger partial charge in [-0.15, -0.1) is 0 Å². The van der Waals surface area contributed by atoms with Gasteiger partial charge in [-0.1, -0.05) is 0 Å². The van der Waals surface area contributed by atoms with Crippen molar-refractivity contribution in [2.75, 3.05) is 26.4 Å². The quantitative estimate of drug-likeness (QED) is 0.571. The summed E-state index contributed by atoms with van der Waals surface area (Å²) in [5.74, 6) is 0. The Morgan fingerprint density at radius 3 is 1.82 bits per heavy atom. The Balaban J connectivity index is 1.71. The van der Waals surface area contributed by atoms with Crippen molar-refractivity contribution in [1.82, 2.24) is 5.32 Å². The molecule has 0 spiro atoms. The molecule has 2 aliphatic rings. The monoisotopic (exact) mass is 156 g/mol. The first-order chi connectivity index (χ1) is 5.45. The van der Waals surface area contributed by atoms with Gasteiger partial charge in [-0.2, -0.15) is 0 Å². The van der Waals surface area contributed by atoms with Crippen LogP contribution < -0.4 is 5.32 Å². The van der Waals surface area contributed by atoms with Gasteiger partial charge in [-0.05, 0) is 12.8 Å². The molecule has 3 nitrogen and oxygen atoms in total. The summed E-state index contributed by atoms with van der Waals surface area (Å²) < 4.78 is 10.5. The molecule has 2 rings (SSSR count). The van der Waals surface area contributed by atoms with E-state index in [1.54, 1.807) is 0 Å². The lowest BCUT2D eigenvalue weighted by Crippen LogP contribution is -2.32. The van der Waals surface area contributed by atoms with Gasteiger partial charge in [0.25, 0.3) is 0 Å². The van der Waals surface area contributed by atoms with Crippen LogP contribution in [0.4, 0.5) is 0 Å². The molecular weight excluding hydrogens is 142 g/mol. The van der Waals surface area contributed by atoms with E-state index in [2.05, 4.69) is 5.32 Å². The molecule has 0 N–H and O–H groups in total. The Morgan fingerprint density at radius 1 is 0.909 bits per heavy atom. The van der Waals surface area contributed by atoms with E-state index in [9.17, 15) is 0 Å². The summed E-state index contributed by atoms with van der Waals surface area (Å²) in [4.78, 5) is 0. The SMILES string of the molecule is C1CC([N]C2CCOC2)CO1. The van der Waals surface area contributed by atoms with Crippen molar-refractivity contribution < 1.29 is 9.47 Å². The predicted molar refractivity (Wildman–Crippen MR) is 40.6 cm³/mol. The Bertz CT molecular complexity index is 103. The maximum Gasteiger partial charge on any atom is 0.0636 e. The Morgan fingerprint density at radius 2 is 1.45 bits per heavy atom. The van der Waals surface area contributed by atoms with Crippen LogP contribution in [0.1, 0.15) is 12.8 Å². The number of nitrogens with zero attached hydrogens (tertiary/aromatic N) is 1. The smallest absolute Gasteiger partial charge is 0.0636 e. The normalized spacial score (nSPS) is 38.2. The second kappa shape index (κ2) is 3.52. The maximum atomic E-state index is 5.23. The average molecular weight is 156 g/mol. The van der Waals surface area contributed by atoms with Gasteiger partial charge >= 0.3 is 0 Å². The first kappa shape index (κ1) is 7.53. The minimum Gasteiger partial charge on any atom is -0.380 e. The van der Waals surface area contributed by atoms with E-state index in [0.29, 0.717) is 12.1 Å². The highest BCUT2D eigenvalue weighted by molar-refractivity contribution is 4.78. The molecule has 0 amide bonds. The molecule has 2 fully saturated rings. The van der Waals surface area contributed by atoms with Crippen molar-refractivity contribution in [3.05, 3.63) is 0 Å². The van der Waals surface area contributed by atoms with Crippen molar-refractivity contribution in [1.29, 1.82) is 0 Å². The summed E-state index contributed by atoms with van der Waals surface area (Å²) in [6, 6.07) is 0.920. The lowest BCUT2D eigenvalue weighted by Gasteiger charge is -2.12. The van der Waals surface area contributed by atoms with Crippen LogP contribution in [0.5, 0.6) is 0 Å². The van der Waals surface area contributed by atoms with E-state index in [1.807, 2.05) is 0 Å². The van der Waals surface area contributed by atoms with Gasteiger partial charge < -0.3 is 9.47 Å². The zero-order chi connectivity index (χ0) is 7.52. The van der Waals surface area contributed by atoms with Crippen LogP contribution in [0.25, 0.3) is 0 Å². The van der Waals surface area contributed by atoms with Crippen LogP contribution in [0.3, 0.4) is 0 Å². The second-order valence-electron chi connectivity index (χ2n) is 3.18. The largest absolute Gasteiger partial charge is 0.380 e. The molecule has 2 atom stereocenters. The number of ether oxygens (including phenoxy) is 2. The third-order valence-corrected chi connectivity index (χ3v) is 2.23. The van der Waals surface area contributed by atoms with Crippen LogP contribution in [0, 0.1) is 0 Å². The minimum absolute atomic E-state index is 0.460. The van der Waals surface area contributed by atoms with Crippen molar-refractivity contribution in [2.24, 2.45) is 0 Å². The topological polar surface area (TPSA) is 32.6 Å². The zero-order valence-electron chi connectivity index (χ0n) is 6.66. The molecule has 0 saturated carbocycles. The van der Waals surface area contributed by atoms with E-state index >= 15 is 0 Å². The fraction of sp³-hybridized carbons (Fsp3) is 1.00. The second-order valence-corrected chi connectivity index (χ2v) is 3.18. The summed E-state index contributed by atoms with van der Waals surface area (Å²) in [6.07, 6.45) is 2.22. The summed E-state index contributed by atoms with van der Waals surface area (Å²) in [7, 11) is 0. The molecule has 2 aliphatic heterocycles. The maximum absolute atomic E-state index is 5.23. The van der Waals surface area contributed by atoms with Crippen molar-refractivity contribution in [2.45, 2.75) is 24.9 Å². The van der Waals surface area contributed by atoms with Crippen LogP contribution >= 0.6 is 0 Å². The standard InChI is InChI=1S/C8H14NO2/c1-3-10-5-7(1)9-8-2-4-11-6-8/h7-8H,1-6H2. The molecule has 1 radical (unpaired) electrons. The molecule has 0 aromatic heterocycles. The van der Waals surface area contributed by atoms with E-state index in [1.165, 1.54) is 0 Å². The molecule has 0 aromatic rings. The highest BCUT2D eigenvalue weighted by Gasteiger charge is 2.23. The average Bonchev–Trinajstić information content (AvgIpc) is 2.60. The predicted octanol–water partition coefficient (Wildman–Crippen LogP) is 0.169. The fourth-order valence-corrected chi connectivity index (χ4v) is 1.58. The Kier molecular flexibility index (Phi) is 2.41. The third-order valence-electron chi connectivity index (χ3n) is 2.23. The molecule has 0 aromatic carbocycles. The molecule has 2 saturated heterocycles. The van der Waals surface area contributed by atoms with Gasteiger partial charge in [-0.3, -0.25) is 0 Å². The van der Waals surface area contributed by atoms with Gasteiger partial charge in [0.15, 0.2) is 0 Å². The lowest BCUT2D eigenvalue weighted by molar-refractivity contribution is 0.176. The number of rotatable bonds is 2. The van der Waals surface area contributed by atoms with E-state index in [4.69, 9.17) is 9.47 Å². The van der Waals surface area contributed by atoms with Crippen LogP contribution in [0.2, 0.25) is 0 Å². The molecule has 11 heavy (non-hydrogen) atoms. The van der Waals surface area contributed by atoms with Gasteiger partial charge in [-0.25, -0.2) is 5.32 Å². The summed E-state index contributed by atoms with van der Waals surface area (Å²) in [5, 5.41) is 4.62. The molecule has 2 unspecified atom stereocenters. The van der Waals surface area contributed by atoms with Crippen molar-refractivity contribution >= 4 is 0 Å². The molecule has 63 valence electrons. The van der Waals surface area contributed by atoms with Gasteiger partial charge in [0.05, 0.1) is 25.3 Å². The molecular formula is C8H14NO2. The number of hydrogen-bond donors (Lipinski definition) is 0. The Labute approximate surface area is 67.1 Å². The van der Waals surface area contributed by atoms with Gasteiger partial charge in [0.2, 0.25) is 0 Å². The van der Waals surface area contributed by atoms with E-state index in [0.717, 1.165) is 39.3 Å². The highest BCUT2D eigenvalue weighted by atomic mass is 16.5. The first-order valence-electron chi connectivity index (χ1n) is 4.30. The summed E-state index contributed by atoms with van der Waals surface area (Å²) in [5.41, 5.74) is 0. The minimum atomic E-state index is 0.460. The zero-order valence-corrected chi connectivity index (χ0v) is 6.66. The molecule has 0 aliphatic carbocycles. The van der Waals surface area contributed by atoms with Gasteiger partial charge in [0, 0.05) is 13.2 Å². The van der Waals surface area contributed by atoms with Crippen molar-refractivity contribution in [3.63, 3.8) is 0 Å². The molecule has 0 bridgehead atoms. The Hall–Kier alpha value is -0.120. The van der Waals surface area contributed by atoms with E-state index < -0.39 is 0 Å². The third kappa shape index (κ3) is 1.92. The van der Waals surface area contributed by atoms with E-state index in [-0.39, 0.29) is 0 Å². The summed E-state index contributed by atoms with van der Waals surface area (Å²) in [6.45, 7) is 3.44. The van der Waals surface area contributed by atoms with Gasteiger partial charge in [0.1, 0.15) is 0 Å². The first-order valence-corrected chi connectivity index (χ1v) is 4.30. The van der Waals surface area contributed by atoms with Crippen molar-refractivity contribution in [3.8, 4) is 0 Å². The molecule has 3 heteroatoms. The molecule has 2 heterocycles. The van der Waals surface area contributed by atoms with Crippen LogP contribution in [-0.2, 0) is 9.47 Å². The fourth-order valence-electron chi connectivity index (χ4n) is 1.58. The lowest BCUT2D eigenvalue weighted by atomic mass is 10.2.